The van der Waals surface area contributed by atoms with Crippen molar-refractivity contribution in [1.29, 1.82) is 0 Å². The first-order chi connectivity index (χ1) is 7.79. The maximum absolute atomic E-state index is 8.96. The van der Waals surface area contributed by atoms with Crippen molar-refractivity contribution in [3.05, 3.63) is 51.9 Å². The number of pyridine rings is 1. The number of aromatic nitrogens is 1. The van der Waals surface area contributed by atoms with Crippen LogP contribution in [0.15, 0.2) is 42.6 Å². The fourth-order valence-corrected chi connectivity index (χ4v) is 1.76. The van der Waals surface area contributed by atoms with Crippen LogP contribution in [0.2, 0.25) is 0 Å². The monoisotopic (exact) mass is 327 g/mol. The highest BCUT2D eigenvalue weighted by atomic mass is 127. The van der Waals surface area contributed by atoms with Crippen LogP contribution >= 0.6 is 22.6 Å². The van der Waals surface area contributed by atoms with Crippen LogP contribution in [0.25, 0.3) is 0 Å². The lowest BCUT2D eigenvalue weighted by molar-refractivity contribution is 0.276. The Morgan fingerprint density at radius 3 is 2.81 bits per heavy atom. The van der Waals surface area contributed by atoms with Crippen LogP contribution in [-0.2, 0) is 6.61 Å². The maximum atomic E-state index is 8.96. The van der Waals surface area contributed by atoms with Crippen molar-refractivity contribution >= 4 is 22.6 Å². The molecule has 0 atom stereocenters. The van der Waals surface area contributed by atoms with Gasteiger partial charge in [-0.25, -0.2) is 0 Å². The second-order valence-corrected chi connectivity index (χ2v) is 4.34. The maximum Gasteiger partial charge on any atom is 0.140 e. The number of aliphatic hydroxyl groups is 1. The molecule has 0 aliphatic heterocycles. The molecule has 0 saturated heterocycles. The summed E-state index contributed by atoms with van der Waals surface area (Å²) in [5, 5.41) is 8.96. The average molecular weight is 327 g/mol. The molecule has 82 valence electrons. The summed E-state index contributed by atoms with van der Waals surface area (Å²) in [6.07, 6.45) is 1.62. The lowest BCUT2D eigenvalue weighted by atomic mass is 10.3. The summed E-state index contributed by atoms with van der Waals surface area (Å²) >= 11 is 2.22. The third-order valence-corrected chi connectivity index (χ3v) is 2.91. The fraction of sp³-hybridized carbons (Fsp3) is 0.0833. The van der Waals surface area contributed by atoms with Crippen molar-refractivity contribution in [2.45, 2.75) is 6.61 Å². The Bertz CT molecular complexity index is 488. The van der Waals surface area contributed by atoms with Crippen molar-refractivity contribution in [2.24, 2.45) is 0 Å². The van der Waals surface area contributed by atoms with Crippen LogP contribution < -0.4 is 4.74 Å². The minimum Gasteiger partial charge on any atom is -0.456 e. The van der Waals surface area contributed by atoms with E-state index in [2.05, 4.69) is 27.6 Å². The molecule has 0 aliphatic carbocycles. The number of benzene rings is 1. The standard InChI is InChI=1S/C12H10INO2/c13-11-3-1-2-4-12(11)16-10-5-6-14-9(7-10)8-15/h1-7,15H,8H2. The minimum atomic E-state index is -0.0803. The molecule has 0 radical (unpaired) electrons. The molecule has 2 rings (SSSR count). The van der Waals surface area contributed by atoms with Gasteiger partial charge in [0.25, 0.3) is 0 Å². The molecule has 1 aromatic carbocycles. The van der Waals surface area contributed by atoms with Crippen LogP contribution in [0.4, 0.5) is 0 Å². The fourth-order valence-electron chi connectivity index (χ4n) is 1.26. The summed E-state index contributed by atoms with van der Waals surface area (Å²) in [4.78, 5) is 3.99. The van der Waals surface area contributed by atoms with E-state index in [9.17, 15) is 0 Å². The number of hydrogen-bond acceptors (Lipinski definition) is 3. The normalized spacial score (nSPS) is 10.1. The molecule has 4 heteroatoms. The van der Waals surface area contributed by atoms with Crippen LogP contribution in [0.3, 0.4) is 0 Å². The molecule has 0 aliphatic rings. The summed E-state index contributed by atoms with van der Waals surface area (Å²) in [5.74, 6) is 1.49. The van der Waals surface area contributed by atoms with Gasteiger partial charge in [-0.3, -0.25) is 4.98 Å². The molecule has 0 saturated carbocycles. The Morgan fingerprint density at radius 2 is 2.06 bits per heavy atom. The SMILES string of the molecule is OCc1cc(Oc2ccccc2I)ccn1. The highest BCUT2D eigenvalue weighted by Crippen LogP contribution is 2.26. The van der Waals surface area contributed by atoms with Gasteiger partial charge in [0.2, 0.25) is 0 Å². The van der Waals surface area contributed by atoms with Gasteiger partial charge in [0.1, 0.15) is 11.5 Å². The van der Waals surface area contributed by atoms with Crippen LogP contribution in [0, 0.1) is 3.57 Å². The molecule has 0 fully saturated rings. The Morgan fingerprint density at radius 1 is 1.25 bits per heavy atom. The second-order valence-electron chi connectivity index (χ2n) is 3.17. The van der Waals surface area contributed by atoms with Gasteiger partial charge < -0.3 is 9.84 Å². The summed E-state index contributed by atoms with van der Waals surface area (Å²) in [5.41, 5.74) is 0.600. The van der Waals surface area contributed by atoms with Crippen molar-refractivity contribution in [3.8, 4) is 11.5 Å². The van der Waals surface area contributed by atoms with Crippen molar-refractivity contribution in [1.82, 2.24) is 4.98 Å². The predicted molar refractivity (Wildman–Crippen MR) is 69.4 cm³/mol. The number of para-hydroxylation sites is 1. The molecule has 1 heterocycles. The molecule has 2 aromatic rings. The molecule has 0 unspecified atom stereocenters. The highest BCUT2D eigenvalue weighted by Gasteiger charge is 2.02. The first-order valence-corrected chi connectivity index (χ1v) is 5.85. The molecule has 16 heavy (non-hydrogen) atoms. The highest BCUT2D eigenvalue weighted by molar-refractivity contribution is 14.1. The number of rotatable bonds is 3. The van der Waals surface area contributed by atoms with Gasteiger partial charge in [-0.05, 0) is 40.8 Å². The van der Waals surface area contributed by atoms with E-state index in [1.54, 1.807) is 18.3 Å². The predicted octanol–water partition coefficient (Wildman–Crippen LogP) is 2.97. The van der Waals surface area contributed by atoms with Gasteiger partial charge >= 0.3 is 0 Å². The zero-order valence-corrected chi connectivity index (χ0v) is 10.6. The lowest BCUT2D eigenvalue weighted by Gasteiger charge is -2.07. The van der Waals surface area contributed by atoms with Gasteiger partial charge in [-0.15, -0.1) is 0 Å². The lowest BCUT2D eigenvalue weighted by Crippen LogP contribution is -1.91. The van der Waals surface area contributed by atoms with E-state index in [1.165, 1.54) is 0 Å². The van der Waals surface area contributed by atoms with Crippen molar-refractivity contribution < 1.29 is 9.84 Å². The molecular formula is C12H10INO2. The molecule has 1 aromatic heterocycles. The molecule has 1 N–H and O–H groups in total. The van der Waals surface area contributed by atoms with E-state index in [4.69, 9.17) is 9.84 Å². The van der Waals surface area contributed by atoms with E-state index in [0.29, 0.717) is 11.4 Å². The van der Waals surface area contributed by atoms with Crippen LogP contribution in [0.5, 0.6) is 11.5 Å². The van der Waals surface area contributed by atoms with Gasteiger partial charge in [0.05, 0.1) is 15.9 Å². The van der Waals surface area contributed by atoms with Gasteiger partial charge in [0, 0.05) is 12.3 Å². The van der Waals surface area contributed by atoms with Crippen LogP contribution in [-0.4, -0.2) is 10.1 Å². The smallest absolute Gasteiger partial charge is 0.140 e. The molecular weight excluding hydrogens is 317 g/mol. The van der Waals surface area contributed by atoms with E-state index >= 15 is 0 Å². The zero-order chi connectivity index (χ0) is 11.4. The summed E-state index contributed by atoms with van der Waals surface area (Å²) in [6.45, 7) is -0.0803. The molecule has 0 bridgehead atoms. The number of nitrogens with zero attached hydrogens (tertiary/aromatic N) is 1. The van der Waals surface area contributed by atoms with Crippen molar-refractivity contribution in [2.75, 3.05) is 0 Å². The summed E-state index contributed by atoms with van der Waals surface area (Å²) in [7, 11) is 0. The Kier molecular flexibility index (Phi) is 3.74. The van der Waals surface area contributed by atoms with E-state index in [-0.39, 0.29) is 6.61 Å². The van der Waals surface area contributed by atoms with Gasteiger partial charge in [-0.1, -0.05) is 12.1 Å². The van der Waals surface area contributed by atoms with E-state index in [0.717, 1.165) is 9.32 Å². The number of aliphatic hydroxyl groups excluding tert-OH is 1. The van der Waals surface area contributed by atoms with E-state index in [1.807, 2.05) is 24.3 Å². The second kappa shape index (κ2) is 5.27. The third kappa shape index (κ3) is 2.70. The zero-order valence-electron chi connectivity index (χ0n) is 8.43. The van der Waals surface area contributed by atoms with Gasteiger partial charge in [-0.2, -0.15) is 0 Å². The topological polar surface area (TPSA) is 42.4 Å². The Hall–Kier alpha value is -1.14. The Balaban J connectivity index is 2.24. The van der Waals surface area contributed by atoms with E-state index < -0.39 is 0 Å². The number of hydrogen-bond donors (Lipinski definition) is 1. The first kappa shape index (κ1) is 11.3. The number of ether oxygens (including phenoxy) is 1. The minimum absolute atomic E-state index is 0.0803. The first-order valence-electron chi connectivity index (χ1n) is 4.78. The Labute approximate surface area is 107 Å². The molecule has 0 spiro atoms. The molecule has 0 amide bonds. The molecule has 3 nitrogen and oxygen atoms in total. The average Bonchev–Trinajstić information content (AvgIpc) is 2.32. The van der Waals surface area contributed by atoms with Crippen molar-refractivity contribution in [3.63, 3.8) is 0 Å². The summed E-state index contributed by atoms with van der Waals surface area (Å²) < 4.78 is 6.74. The quantitative estimate of drug-likeness (QED) is 0.882. The number of halogens is 1. The van der Waals surface area contributed by atoms with Crippen LogP contribution in [0.1, 0.15) is 5.69 Å². The third-order valence-electron chi connectivity index (χ3n) is 2.01. The van der Waals surface area contributed by atoms with Gasteiger partial charge in [0.15, 0.2) is 0 Å². The largest absolute Gasteiger partial charge is 0.456 e. The summed E-state index contributed by atoms with van der Waals surface area (Å²) in [6, 6.07) is 11.3.